The summed E-state index contributed by atoms with van der Waals surface area (Å²) in [7, 11) is 0. The summed E-state index contributed by atoms with van der Waals surface area (Å²) in [6.07, 6.45) is 5.37. The molecule has 2 N–H and O–H groups in total. The largest absolute Gasteiger partial charge is 0.336 e. The first-order valence-corrected chi connectivity index (χ1v) is 7.41. The van der Waals surface area contributed by atoms with Crippen molar-refractivity contribution in [3.05, 3.63) is 36.2 Å². The second-order valence-corrected chi connectivity index (χ2v) is 5.72. The number of carbonyl (C=O) groups is 1. The number of carbonyl (C=O) groups excluding carboxylic acids is 1. The third-order valence-electron chi connectivity index (χ3n) is 4.30. The van der Waals surface area contributed by atoms with Gasteiger partial charge < -0.3 is 10.6 Å². The van der Waals surface area contributed by atoms with Gasteiger partial charge >= 0.3 is 0 Å². The molecule has 0 aliphatic carbocycles. The van der Waals surface area contributed by atoms with E-state index in [0.717, 1.165) is 24.9 Å². The van der Waals surface area contributed by atoms with Crippen LogP contribution < -0.4 is 5.73 Å². The third kappa shape index (κ3) is 2.61. The van der Waals surface area contributed by atoms with Crippen LogP contribution in [0.15, 0.2) is 30.6 Å². The third-order valence-corrected chi connectivity index (χ3v) is 4.30. The molecule has 1 fully saturated rings. The van der Waals surface area contributed by atoms with Gasteiger partial charge in [0.15, 0.2) is 0 Å². The molecule has 1 aliphatic rings. The van der Waals surface area contributed by atoms with Gasteiger partial charge in [0.2, 0.25) is 0 Å². The molecular weight excluding hydrogens is 264 g/mol. The number of piperidine rings is 1. The Kier molecular flexibility index (Phi) is 3.84. The van der Waals surface area contributed by atoms with E-state index >= 15 is 0 Å². The fourth-order valence-electron chi connectivity index (χ4n) is 2.98. The van der Waals surface area contributed by atoms with Crippen LogP contribution in [0.4, 0.5) is 0 Å². The summed E-state index contributed by atoms with van der Waals surface area (Å²) >= 11 is 0. The standard InChI is InChI=1S/C16H20N4O/c1-11-5-6-12(9-17)10-20(11)16(21)13-3-2-4-14-15(13)19-8-7-18-14/h2-4,7-8,11-12H,5-6,9-10,17H2,1H3. The van der Waals surface area contributed by atoms with E-state index in [1.165, 1.54) is 0 Å². The minimum absolute atomic E-state index is 0.0340. The van der Waals surface area contributed by atoms with Gasteiger partial charge in [-0.05, 0) is 44.4 Å². The minimum Gasteiger partial charge on any atom is -0.336 e. The molecule has 0 spiro atoms. The summed E-state index contributed by atoms with van der Waals surface area (Å²) in [5, 5.41) is 0. The van der Waals surface area contributed by atoms with Gasteiger partial charge in [-0.25, -0.2) is 0 Å². The Labute approximate surface area is 124 Å². The quantitative estimate of drug-likeness (QED) is 0.913. The van der Waals surface area contributed by atoms with Crippen molar-refractivity contribution in [2.75, 3.05) is 13.1 Å². The van der Waals surface area contributed by atoms with Crippen LogP contribution in [0.2, 0.25) is 0 Å². The number of likely N-dealkylation sites (tertiary alicyclic amines) is 1. The van der Waals surface area contributed by atoms with Crippen molar-refractivity contribution in [1.29, 1.82) is 0 Å². The number of aromatic nitrogens is 2. The van der Waals surface area contributed by atoms with Gasteiger partial charge in [-0.1, -0.05) is 6.07 Å². The van der Waals surface area contributed by atoms with Crippen molar-refractivity contribution in [3.8, 4) is 0 Å². The second-order valence-electron chi connectivity index (χ2n) is 5.72. The van der Waals surface area contributed by atoms with Crippen LogP contribution in [0, 0.1) is 5.92 Å². The number of benzene rings is 1. The maximum absolute atomic E-state index is 12.9. The number of hydrogen-bond acceptors (Lipinski definition) is 4. The van der Waals surface area contributed by atoms with Gasteiger partial charge in [-0.2, -0.15) is 0 Å². The van der Waals surface area contributed by atoms with E-state index in [4.69, 9.17) is 5.73 Å². The van der Waals surface area contributed by atoms with E-state index in [9.17, 15) is 4.79 Å². The normalized spacial score (nSPS) is 22.5. The van der Waals surface area contributed by atoms with Crippen molar-refractivity contribution in [3.63, 3.8) is 0 Å². The lowest BCUT2D eigenvalue weighted by molar-refractivity contribution is 0.0568. The van der Waals surface area contributed by atoms with Crippen LogP contribution >= 0.6 is 0 Å². The van der Waals surface area contributed by atoms with Crippen LogP contribution in [0.1, 0.15) is 30.1 Å². The molecule has 0 saturated carbocycles. The molecule has 2 heterocycles. The fraction of sp³-hybridized carbons (Fsp3) is 0.438. The topological polar surface area (TPSA) is 72.1 Å². The first-order chi connectivity index (χ1) is 10.2. The Balaban J connectivity index is 1.96. The van der Waals surface area contributed by atoms with Crippen molar-refractivity contribution in [2.24, 2.45) is 11.7 Å². The Bertz CT molecular complexity index is 652. The molecule has 2 aromatic rings. The Hall–Kier alpha value is -2.01. The van der Waals surface area contributed by atoms with Crippen LogP contribution in [0.3, 0.4) is 0 Å². The van der Waals surface area contributed by atoms with E-state index < -0.39 is 0 Å². The maximum atomic E-state index is 12.9. The van der Waals surface area contributed by atoms with Crippen molar-refractivity contribution >= 4 is 16.9 Å². The van der Waals surface area contributed by atoms with Crippen LogP contribution in [-0.2, 0) is 0 Å². The highest BCUT2D eigenvalue weighted by atomic mass is 16.2. The average molecular weight is 284 g/mol. The van der Waals surface area contributed by atoms with Crippen molar-refractivity contribution < 1.29 is 4.79 Å². The molecule has 5 nitrogen and oxygen atoms in total. The summed E-state index contributed by atoms with van der Waals surface area (Å²) in [5.74, 6) is 0.429. The zero-order chi connectivity index (χ0) is 14.8. The minimum atomic E-state index is 0.0340. The van der Waals surface area contributed by atoms with Gasteiger partial charge in [0, 0.05) is 25.0 Å². The Morgan fingerprint density at radius 1 is 1.33 bits per heavy atom. The SMILES string of the molecule is CC1CCC(CN)CN1C(=O)c1cccc2nccnc12. The molecule has 0 radical (unpaired) electrons. The van der Waals surface area contributed by atoms with E-state index in [-0.39, 0.29) is 11.9 Å². The highest BCUT2D eigenvalue weighted by molar-refractivity contribution is 6.04. The predicted octanol–water partition coefficient (Wildman–Crippen LogP) is 1.83. The lowest BCUT2D eigenvalue weighted by atomic mass is 9.93. The summed E-state index contributed by atoms with van der Waals surface area (Å²) in [6, 6.07) is 5.81. The molecule has 3 rings (SSSR count). The average Bonchev–Trinajstić information content (AvgIpc) is 2.54. The van der Waals surface area contributed by atoms with Crippen molar-refractivity contribution in [1.82, 2.24) is 14.9 Å². The van der Waals surface area contributed by atoms with E-state index in [1.807, 2.05) is 23.1 Å². The first kappa shape index (κ1) is 13.9. The molecule has 1 amide bonds. The smallest absolute Gasteiger partial charge is 0.256 e. The molecule has 2 unspecified atom stereocenters. The highest BCUT2D eigenvalue weighted by Gasteiger charge is 2.29. The van der Waals surface area contributed by atoms with Crippen LogP contribution in [-0.4, -0.2) is 39.9 Å². The number of nitrogens with zero attached hydrogens (tertiary/aromatic N) is 3. The lowest BCUT2D eigenvalue weighted by Gasteiger charge is -2.37. The Morgan fingerprint density at radius 3 is 2.95 bits per heavy atom. The fourth-order valence-corrected chi connectivity index (χ4v) is 2.98. The summed E-state index contributed by atoms with van der Waals surface area (Å²) in [6.45, 7) is 3.46. The molecule has 1 aromatic carbocycles. The van der Waals surface area contributed by atoms with Gasteiger partial charge in [-0.3, -0.25) is 14.8 Å². The first-order valence-electron chi connectivity index (χ1n) is 7.41. The molecule has 2 atom stereocenters. The molecule has 0 bridgehead atoms. The molecule has 1 aromatic heterocycles. The maximum Gasteiger partial charge on any atom is 0.256 e. The summed E-state index contributed by atoms with van der Waals surface area (Å²) < 4.78 is 0. The zero-order valence-electron chi connectivity index (χ0n) is 12.2. The van der Waals surface area contributed by atoms with E-state index in [2.05, 4.69) is 16.9 Å². The van der Waals surface area contributed by atoms with Gasteiger partial charge in [0.1, 0.15) is 5.52 Å². The number of hydrogen-bond donors (Lipinski definition) is 1. The zero-order valence-corrected chi connectivity index (χ0v) is 12.2. The number of amides is 1. The van der Waals surface area contributed by atoms with E-state index in [0.29, 0.717) is 23.5 Å². The summed E-state index contributed by atoms with van der Waals surface area (Å²) in [4.78, 5) is 23.4. The van der Waals surface area contributed by atoms with Gasteiger partial charge in [0.25, 0.3) is 5.91 Å². The molecular formula is C16H20N4O. The van der Waals surface area contributed by atoms with E-state index in [1.54, 1.807) is 12.4 Å². The summed E-state index contributed by atoms with van der Waals surface area (Å²) in [5.41, 5.74) is 7.84. The number of nitrogens with two attached hydrogens (primary N) is 1. The molecule has 21 heavy (non-hydrogen) atoms. The monoisotopic (exact) mass is 284 g/mol. The molecule has 1 saturated heterocycles. The highest BCUT2D eigenvalue weighted by Crippen LogP contribution is 2.25. The van der Waals surface area contributed by atoms with Crippen molar-refractivity contribution in [2.45, 2.75) is 25.8 Å². The molecule has 110 valence electrons. The van der Waals surface area contributed by atoms with Gasteiger partial charge in [0.05, 0.1) is 11.1 Å². The molecule has 1 aliphatic heterocycles. The molecule has 5 heteroatoms. The van der Waals surface area contributed by atoms with Gasteiger partial charge in [-0.15, -0.1) is 0 Å². The lowest BCUT2D eigenvalue weighted by Crippen LogP contribution is -2.47. The Morgan fingerprint density at radius 2 is 2.14 bits per heavy atom. The van der Waals surface area contributed by atoms with Crippen LogP contribution in [0.5, 0.6) is 0 Å². The number of para-hydroxylation sites is 1. The number of rotatable bonds is 2. The predicted molar refractivity (Wildman–Crippen MR) is 81.8 cm³/mol. The second kappa shape index (κ2) is 5.77. The van der Waals surface area contributed by atoms with Crippen LogP contribution in [0.25, 0.3) is 11.0 Å². The number of fused-ring (bicyclic) bond motifs is 1.